The minimum Gasteiger partial charge on any atom is -0.494 e. The minimum absolute atomic E-state index is 0.731. The molecule has 0 amide bonds. The van der Waals surface area contributed by atoms with Crippen LogP contribution in [0.2, 0.25) is 0 Å². The fraction of sp³-hybridized carbons (Fsp3) is 0.350. The fourth-order valence-corrected chi connectivity index (χ4v) is 2.92. The van der Waals surface area contributed by atoms with Crippen molar-refractivity contribution in [3.05, 3.63) is 47.7 Å². The molecule has 2 aromatic heterocycles. The van der Waals surface area contributed by atoms with Crippen LogP contribution in [0.5, 0.6) is 5.75 Å². The molecule has 0 atom stereocenters. The first-order valence-corrected chi connectivity index (χ1v) is 8.34. The number of pyridine rings is 1. The van der Waals surface area contributed by atoms with Crippen LogP contribution in [0.4, 0.5) is 0 Å². The molecule has 0 N–H and O–H groups in total. The standard InChI is InChI=1S/C20H23NO2/c1-4-6-15-11-12-21-20-18(15)14(3)19(23-20)16-7-9-17(10-8-16)22-13-5-2/h7-12H,4-6,13H2,1-3H3. The zero-order valence-electron chi connectivity index (χ0n) is 14.1. The Labute approximate surface area is 137 Å². The van der Waals surface area contributed by atoms with E-state index in [1.165, 1.54) is 11.1 Å². The van der Waals surface area contributed by atoms with E-state index in [2.05, 4.69) is 44.0 Å². The highest BCUT2D eigenvalue weighted by Gasteiger charge is 2.16. The number of hydrogen-bond acceptors (Lipinski definition) is 3. The molecule has 120 valence electrons. The van der Waals surface area contributed by atoms with E-state index in [1.807, 2.05) is 18.3 Å². The van der Waals surface area contributed by atoms with Crippen molar-refractivity contribution in [1.29, 1.82) is 0 Å². The molecular formula is C20H23NO2. The first-order chi connectivity index (χ1) is 11.2. The highest BCUT2D eigenvalue weighted by atomic mass is 16.5. The Bertz CT molecular complexity index is 787. The molecule has 0 fully saturated rings. The largest absolute Gasteiger partial charge is 0.494 e. The number of aromatic nitrogens is 1. The zero-order chi connectivity index (χ0) is 16.2. The summed E-state index contributed by atoms with van der Waals surface area (Å²) in [5.41, 5.74) is 4.27. The lowest BCUT2D eigenvalue weighted by atomic mass is 10.0. The molecule has 0 radical (unpaired) electrons. The maximum Gasteiger partial charge on any atom is 0.227 e. The molecule has 0 saturated heterocycles. The van der Waals surface area contributed by atoms with Gasteiger partial charge in [-0.25, -0.2) is 4.98 Å². The third kappa shape index (κ3) is 3.09. The SMILES string of the molecule is CCCOc1ccc(-c2oc3nccc(CCC)c3c2C)cc1. The van der Waals surface area contributed by atoms with Gasteiger partial charge in [-0.1, -0.05) is 20.3 Å². The molecule has 3 nitrogen and oxygen atoms in total. The normalized spacial score (nSPS) is 11.1. The van der Waals surface area contributed by atoms with Crippen LogP contribution < -0.4 is 4.74 Å². The molecule has 3 aromatic rings. The van der Waals surface area contributed by atoms with Gasteiger partial charge in [-0.3, -0.25) is 0 Å². The average molecular weight is 309 g/mol. The summed E-state index contributed by atoms with van der Waals surface area (Å²) in [6.45, 7) is 7.15. The number of aryl methyl sites for hydroxylation is 2. The molecule has 0 aliphatic rings. The molecule has 23 heavy (non-hydrogen) atoms. The molecular weight excluding hydrogens is 286 g/mol. The van der Waals surface area contributed by atoms with E-state index in [1.54, 1.807) is 0 Å². The summed E-state index contributed by atoms with van der Waals surface area (Å²) in [5, 5.41) is 1.16. The van der Waals surface area contributed by atoms with Crippen LogP contribution in [0, 0.1) is 6.92 Å². The van der Waals surface area contributed by atoms with E-state index in [0.717, 1.165) is 54.0 Å². The smallest absolute Gasteiger partial charge is 0.227 e. The Hall–Kier alpha value is -2.29. The highest BCUT2D eigenvalue weighted by Crippen LogP contribution is 2.34. The van der Waals surface area contributed by atoms with Gasteiger partial charge in [0.05, 0.1) is 6.61 Å². The quantitative estimate of drug-likeness (QED) is 0.599. The van der Waals surface area contributed by atoms with E-state index in [-0.39, 0.29) is 0 Å². The van der Waals surface area contributed by atoms with Crippen molar-refractivity contribution >= 4 is 11.1 Å². The summed E-state index contributed by atoms with van der Waals surface area (Å²) < 4.78 is 11.7. The van der Waals surface area contributed by atoms with E-state index >= 15 is 0 Å². The number of nitrogens with zero attached hydrogens (tertiary/aromatic N) is 1. The predicted octanol–water partition coefficient (Wildman–Crippen LogP) is 5.54. The number of rotatable bonds is 6. The summed E-state index contributed by atoms with van der Waals surface area (Å²) in [4.78, 5) is 4.40. The first kappa shape index (κ1) is 15.6. The molecule has 0 aliphatic carbocycles. The lowest BCUT2D eigenvalue weighted by Gasteiger charge is -2.05. The van der Waals surface area contributed by atoms with Crippen molar-refractivity contribution in [2.45, 2.75) is 40.0 Å². The van der Waals surface area contributed by atoms with Crippen molar-refractivity contribution < 1.29 is 9.15 Å². The summed E-state index contributed by atoms with van der Waals surface area (Å²) >= 11 is 0. The van der Waals surface area contributed by atoms with Crippen LogP contribution in [0.1, 0.15) is 37.8 Å². The van der Waals surface area contributed by atoms with Gasteiger partial charge in [0.1, 0.15) is 11.5 Å². The van der Waals surface area contributed by atoms with Gasteiger partial charge < -0.3 is 9.15 Å². The Balaban J connectivity index is 1.99. The molecule has 0 spiro atoms. The van der Waals surface area contributed by atoms with Gasteiger partial charge >= 0.3 is 0 Å². The van der Waals surface area contributed by atoms with E-state index in [0.29, 0.717) is 0 Å². The highest BCUT2D eigenvalue weighted by molar-refractivity contribution is 5.88. The fourth-order valence-electron chi connectivity index (χ4n) is 2.92. The van der Waals surface area contributed by atoms with Gasteiger partial charge in [-0.15, -0.1) is 0 Å². The number of ether oxygens (including phenoxy) is 1. The van der Waals surface area contributed by atoms with Crippen LogP contribution >= 0.6 is 0 Å². The maximum absolute atomic E-state index is 6.04. The van der Waals surface area contributed by atoms with Crippen LogP contribution in [-0.2, 0) is 6.42 Å². The van der Waals surface area contributed by atoms with Gasteiger partial charge in [-0.05, 0) is 55.7 Å². The molecule has 0 aliphatic heterocycles. The number of benzene rings is 1. The number of hydrogen-bond donors (Lipinski definition) is 0. The average Bonchev–Trinajstić information content (AvgIpc) is 2.92. The Morgan fingerprint density at radius 3 is 2.52 bits per heavy atom. The summed E-state index contributed by atoms with van der Waals surface area (Å²) in [5.74, 6) is 1.80. The molecule has 3 rings (SSSR count). The van der Waals surface area contributed by atoms with Crippen molar-refractivity contribution in [2.75, 3.05) is 6.61 Å². The van der Waals surface area contributed by atoms with Crippen LogP contribution in [0.3, 0.4) is 0 Å². The Morgan fingerprint density at radius 1 is 1.04 bits per heavy atom. The molecule has 3 heteroatoms. The monoisotopic (exact) mass is 309 g/mol. The van der Waals surface area contributed by atoms with Crippen molar-refractivity contribution in [3.8, 4) is 17.1 Å². The zero-order valence-corrected chi connectivity index (χ0v) is 14.1. The van der Waals surface area contributed by atoms with Crippen LogP contribution in [0.25, 0.3) is 22.4 Å². The van der Waals surface area contributed by atoms with Gasteiger partial charge in [0.2, 0.25) is 5.71 Å². The maximum atomic E-state index is 6.04. The van der Waals surface area contributed by atoms with Crippen LogP contribution in [0.15, 0.2) is 40.9 Å². The number of furan rings is 1. The Morgan fingerprint density at radius 2 is 1.83 bits per heavy atom. The first-order valence-electron chi connectivity index (χ1n) is 8.34. The van der Waals surface area contributed by atoms with Crippen molar-refractivity contribution in [2.24, 2.45) is 0 Å². The molecule has 0 saturated carbocycles. The van der Waals surface area contributed by atoms with Crippen LogP contribution in [-0.4, -0.2) is 11.6 Å². The predicted molar refractivity (Wildman–Crippen MR) is 94.0 cm³/mol. The van der Waals surface area contributed by atoms with Gasteiger partial charge in [0.25, 0.3) is 0 Å². The third-order valence-corrected chi connectivity index (χ3v) is 4.03. The van der Waals surface area contributed by atoms with Crippen molar-refractivity contribution in [3.63, 3.8) is 0 Å². The van der Waals surface area contributed by atoms with Gasteiger partial charge in [0.15, 0.2) is 0 Å². The second kappa shape index (κ2) is 6.86. The second-order valence-corrected chi connectivity index (χ2v) is 5.83. The molecule has 0 bridgehead atoms. The summed E-state index contributed by atoms with van der Waals surface area (Å²) in [6.07, 6.45) is 5.00. The van der Waals surface area contributed by atoms with Gasteiger partial charge in [-0.2, -0.15) is 0 Å². The van der Waals surface area contributed by atoms with E-state index in [4.69, 9.17) is 9.15 Å². The number of fused-ring (bicyclic) bond motifs is 1. The third-order valence-electron chi connectivity index (χ3n) is 4.03. The second-order valence-electron chi connectivity index (χ2n) is 5.83. The van der Waals surface area contributed by atoms with Gasteiger partial charge in [0, 0.05) is 22.7 Å². The molecule has 2 heterocycles. The lowest BCUT2D eigenvalue weighted by Crippen LogP contribution is -1.94. The molecule has 1 aromatic carbocycles. The minimum atomic E-state index is 0.731. The summed E-state index contributed by atoms with van der Waals surface area (Å²) in [7, 11) is 0. The lowest BCUT2D eigenvalue weighted by molar-refractivity contribution is 0.317. The van der Waals surface area contributed by atoms with Crippen molar-refractivity contribution in [1.82, 2.24) is 4.98 Å². The summed E-state index contributed by atoms with van der Waals surface area (Å²) in [6, 6.07) is 10.2. The van der Waals surface area contributed by atoms with E-state index in [9.17, 15) is 0 Å². The Kier molecular flexibility index (Phi) is 4.65. The topological polar surface area (TPSA) is 35.3 Å². The van der Waals surface area contributed by atoms with E-state index < -0.39 is 0 Å². The molecule has 0 unspecified atom stereocenters.